The average molecular weight is 476 g/mol. The Kier molecular flexibility index (Phi) is 4.34. The summed E-state index contributed by atoms with van der Waals surface area (Å²) in [6.45, 7) is 4.70. The zero-order chi connectivity index (χ0) is 21.9. The van der Waals surface area contributed by atoms with Crippen molar-refractivity contribution >= 4 is 26.7 Å². The Bertz CT molecular complexity index is 1500. The number of rotatable bonds is 2. The Morgan fingerprint density at radius 2 is 1.44 bits per heavy atom. The molecule has 32 heavy (non-hydrogen) atoms. The van der Waals surface area contributed by atoms with Crippen molar-refractivity contribution in [3.63, 3.8) is 0 Å². The highest BCUT2D eigenvalue weighted by molar-refractivity contribution is 9.10. The van der Waals surface area contributed by atoms with E-state index in [-0.39, 0.29) is 5.41 Å². The van der Waals surface area contributed by atoms with Crippen LogP contribution >= 0.6 is 15.9 Å². The molecule has 154 valence electrons. The molecule has 0 aliphatic heterocycles. The van der Waals surface area contributed by atoms with Crippen LogP contribution in [0.25, 0.3) is 44.3 Å². The van der Waals surface area contributed by atoms with Crippen molar-refractivity contribution < 1.29 is 0 Å². The maximum absolute atomic E-state index is 4.77. The van der Waals surface area contributed by atoms with Crippen molar-refractivity contribution in [2.45, 2.75) is 19.3 Å². The first-order valence-electron chi connectivity index (χ1n) is 10.9. The fourth-order valence-corrected chi connectivity index (χ4v) is 5.50. The van der Waals surface area contributed by atoms with Crippen LogP contribution in [0.4, 0.5) is 0 Å². The van der Waals surface area contributed by atoms with Crippen molar-refractivity contribution in [3.05, 3.63) is 113 Å². The molecular weight excluding hydrogens is 454 g/mol. The van der Waals surface area contributed by atoms with Gasteiger partial charge in [0.2, 0.25) is 0 Å². The third kappa shape index (κ3) is 2.87. The standard InChI is InChI=1S/C30H22BrN/c1-30(2)26-10-6-5-9-23(26)24-14-15-25(27-16-13-22(31)18-32-27)28(29(24)30)21-12-11-19-7-3-4-8-20(19)17-21/h3-18H,1-2H3. The van der Waals surface area contributed by atoms with E-state index in [0.29, 0.717) is 0 Å². The van der Waals surface area contributed by atoms with Crippen LogP contribution in [0, 0.1) is 0 Å². The van der Waals surface area contributed by atoms with Crippen molar-refractivity contribution in [1.29, 1.82) is 0 Å². The van der Waals surface area contributed by atoms with Crippen molar-refractivity contribution in [2.24, 2.45) is 0 Å². The molecule has 1 aliphatic carbocycles. The highest BCUT2D eigenvalue weighted by Gasteiger charge is 2.38. The molecule has 0 spiro atoms. The molecule has 0 N–H and O–H groups in total. The van der Waals surface area contributed by atoms with Gasteiger partial charge in [0.25, 0.3) is 0 Å². The maximum Gasteiger partial charge on any atom is 0.0709 e. The maximum atomic E-state index is 4.77. The zero-order valence-corrected chi connectivity index (χ0v) is 19.6. The molecule has 0 unspecified atom stereocenters. The molecule has 4 aromatic carbocycles. The van der Waals surface area contributed by atoms with Gasteiger partial charge in [-0.25, -0.2) is 0 Å². The van der Waals surface area contributed by atoms with E-state index in [1.807, 2.05) is 6.20 Å². The molecular formula is C30H22BrN. The molecule has 0 atom stereocenters. The van der Waals surface area contributed by atoms with Crippen LogP contribution in [0.15, 0.2) is 102 Å². The number of benzene rings is 4. The highest BCUT2D eigenvalue weighted by Crippen LogP contribution is 2.54. The van der Waals surface area contributed by atoms with E-state index in [1.165, 1.54) is 49.7 Å². The summed E-state index contributed by atoms with van der Waals surface area (Å²) in [5.41, 5.74) is 10.0. The summed E-state index contributed by atoms with van der Waals surface area (Å²) in [5.74, 6) is 0. The van der Waals surface area contributed by atoms with Crippen LogP contribution in [0.2, 0.25) is 0 Å². The number of hydrogen-bond acceptors (Lipinski definition) is 1. The lowest BCUT2D eigenvalue weighted by atomic mass is 9.77. The van der Waals surface area contributed by atoms with Crippen LogP contribution in [0.3, 0.4) is 0 Å². The lowest BCUT2D eigenvalue weighted by Crippen LogP contribution is -2.16. The largest absolute Gasteiger partial charge is 0.255 e. The Morgan fingerprint density at radius 3 is 2.25 bits per heavy atom. The van der Waals surface area contributed by atoms with E-state index in [1.54, 1.807) is 0 Å². The summed E-state index contributed by atoms with van der Waals surface area (Å²) in [6.07, 6.45) is 1.88. The normalized spacial score (nSPS) is 13.7. The van der Waals surface area contributed by atoms with Crippen molar-refractivity contribution in [1.82, 2.24) is 4.98 Å². The van der Waals surface area contributed by atoms with E-state index >= 15 is 0 Å². The van der Waals surface area contributed by atoms with Gasteiger partial charge >= 0.3 is 0 Å². The zero-order valence-electron chi connectivity index (χ0n) is 18.1. The third-order valence-electron chi connectivity index (χ3n) is 6.76. The first-order valence-corrected chi connectivity index (χ1v) is 11.7. The summed E-state index contributed by atoms with van der Waals surface area (Å²) >= 11 is 3.53. The van der Waals surface area contributed by atoms with Gasteiger partial charge in [0.05, 0.1) is 5.69 Å². The van der Waals surface area contributed by atoms with Crippen LogP contribution in [-0.2, 0) is 5.41 Å². The van der Waals surface area contributed by atoms with Gasteiger partial charge in [-0.1, -0.05) is 86.6 Å². The second kappa shape index (κ2) is 7.15. The van der Waals surface area contributed by atoms with Crippen molar-refractivity contribution in [2.75, 3.05) is 0 Å². The topological polar surface area (TPSA) is 12.9 Å². The van der Waals surface area contributed by atoms with Crippen LogP contribution < -0.4 is 0 Å². The van der Waals surface area contributed by atoms with Crippen molar-refractivity contribution in [3.8, 4) is 33.5 Å². The molecule has 5 aromatic rings. The second-order valence-electron chi connectivity index (χ2n) is 9.00. The second-order valence-corrected chi connectivity index (χ2v) is 9.92. The van der Waals surface area contributed by atoms with Gasteiger partial charge in [-0.05, 0) is 78.3 Å². The highest BCUT2D eigenvalue weighted by atomic mass is 79.9. The average Bonchev–Trinajstić information content (AvgIpc) is 3.06. The van der Waals surface area contributed by atoms with E-state index in [2.05, 4.69) is 121 Å². The SMILES string of the molecule is CC1(C)c2ccccc2-c2ccc(-c3ccc(Br)cn3)c(-c3ccc4ccccc4c3)c21. The molecule has 1 heterocycles. The Morgan fingerprint density at radius 1 is 0.688 bits per heavy atom. The number of aromatic nitrogens is 1. The molecule has 1 nitrogen and oxygen atoms in total. The molecule has 0 saturated heterocycles. The van der Waals surface area contributed by atoms with E-state index < -0.39 is 0 Å². The molecule has 2 heteroatoms. The summed E-state index contributed by atoms with van der Waals surface area (Å²) in [4.78, 5) is 4.77. The number of pyridine rings is 1. The van der Waals surface area contributed by atoms with E-state index in [9.17, 15) is 0 Å². The van der Waals surface area contributed by atoms with E-state index in [0.717, 1.165) is 10.2 Å². The Hall–Kier alpha value is -3.23. The predicted octanol–water partition coefficient (Wildman–Crippen LogP) is 8.64. The van der Waals surface area contributed by atoms with Crippen LogP contribution in [0.5, 0.6) is 0 Å². The summed E-state index contributed by atoms with van der Waals surface area (Å²) in [7, 11) is 0. The summed E-state index contributed by atoms with van der Waals surface area (Å²) in [6, 6.07) is 32.9. The fourth-order valence-electron chi connectivity index (χ4n) is 5.27. The van der Waals surface area contributed by atoms with Crippen LogP contribution in [-0.4, -0.2) is 4.98 Å². The molecule has 0 saturated carbocycles. The number of fused-ring (bicyclic) bond motifs is 4. The Labute approximate surface area is 196 Å². The minimum absolute atomic E-state index is 0.0989. The molecule has 1 aromatic heterocycles. The first kappa shape index (κ1) is 19.5. The van der Waals surface area contributed by atoms with Gasteiger partial charge in [-0.2, -0.15) is 0 Å². The molecule has 6 rings (SSSR count). The lowest BCUT2D eigenvalue weighted by molar-refractivity contribution is 0.662. The number of nitrogens with zero attached hydrogens (tertiary/aromatic N) is 1. The van der Waals surface area contributed by atoms with E-state index in [4.69, 9.17) is 4.98 Å². The predicted molar refractivity (Wildman–Crippen MR) is 138 cm³/mol. The van der Waals surface area contributed by atoms with Gasteiger partial charge < -0.3 is 0 Å². The third-order valence-corrected chi connectivity index (χ3v) is 7.23. The molecule has 1 aliphatic rings. The quantitative estimate of drug-likeness (QED) is 0.249. The van der Waals surface area contributed by atoms with Gasteiger partial charge in [0.1, 0.15) is 0 Å². The smallest absolute Gasteiger partial charge is 0.0709 e. The van der Waals surface area contributed by atoms with Gasteiger partial charge in [-0.15, -0.1) is 0 Å². The summed E-state index contributed by atoms with van der Waals surface area (Å²) in [5, 5.41) is 2.51. The Balaban J connectivity index is 1.71. The molecule has 0 fully saturated rings. The monoisotopic (exact) mass is 475 g/mol. The van der Waals surface area contributed by atoms with Gasteiger partial charge in [-0.3, -0.25) is 4.98 Å². The minimum Gasteiger partial charge on any atom is -0.255 e. The van der Waals surface area contributed by atoms with Gasteiger partial charge in [0, 0.05) is 21.6 Å². The molecule has 0 amide bonds. The molecule has 0 bridgehead atoms. The summed E-state index contributed by atoms with van der Waals surface area (Å²) < 4.78 is 0.988. The number of halogens is 1. The lowest BCUT2D eigenvalue weighted by Gasteiger charge is -2.26. The molecule has 0 radical (unpaired) electrons. The minimum atomic E-state index is -0.0989. The first-order chi connectivity index (χ1) is 15.5. The van der Waals surface area contributed by atoms with Gasteiger partial charge in [0.15, 0.2) is 0 Å². The fraction of sp³-hybridized carbons (Fsp3) is 0.100. The van der Waals surface area contributed by atoms with Crippen LogP contribution in [0.1, 0.15) is 25.0 Å². The number of hydrogen-bond donors (Lipinski definition) is 0.